The molecule has 7 heteroatoms. The maximum Gasteiger partial charge on any atom is 0.240 e. The third-order valence-electron chi connectivity index (χ3n) is 5.05. The first-order valence-electron chi connectivity index (χ1n) is 8.42. The first-order valence-corrected chi connectivity index (χ1v) is 8.42. The van der Waals surface area contributed by atoms with Crippen LogP contribution in [0.5, 0.6) is 5.75 Å². The largest absolute Gasteiger partial charge is 0.495 e. The summed E-state index contributed by atoms with van der Waals surface area (Å²) in [5.41, 5.74) is 0.160. The minimum atomic E-state index is -0.611. The van der Waals surface area contributed by atoms with E-state index >= 15 is 0 Å². The molecule has 0 bridgehead atoms. The third kappa shape index (κ3) is 2.50. The van der Waals surface area contributed by atoms with Crippen LogP contribution in [0.15, 0.2) is 30.7 Å². The fourth-order valence-electron chi connectivity index (χ4n) is 3.50. The van der Waals surface area contributed by atoms with Gasteiger partial charge in [0.1, 0.15) is 11.6 Å². The third-order valence-corrected chi connectivity index (χ3v) is 5.05. The number of ether oxygens (including phenoxy) is 1. The van der Waals surface area contributed by atoms with Gasteiger partial charge in [0, 0.05) is 24.5 Å². The van der Waals surface area contributed by atoms with E-state index in [2.05, 4.69) is 20.3 Å². The van der Waals surface area contributed by atoms with Crippen LogP contribution in [-0.4, -0.2) is 40.1 Å². The van der Waals surface area contributed by atoms with E-state index in [4.69, 9.17) is 4.74 Å². The summed E-state index contributed by atoms with van der Waals surface area (Å²) in [6.45, 7) is 3.83. The molecule has 0 saturated heterocycles. The lowest BCUT2D eigenvalue weighted by Crippen LogP contribution is -2.53. The molecule has 1 aliphatic carbocycles. The molecule has 2 aromatic rings. The van der Waals surface area contributed by atoms with Gasteiger partial charge in [0.15, 0.2) is 5.82 Å². The van der Waals surface area contributed by atoms with E-state index in [9.17, 15) is 4.79 Å². The maximum absolute atomic E-state index is 12.9. The molecule has 1 amide bonds. The second kappa shape index (κ2) is 5.68. The number of amides is 1. The number of hydrogen-bond donors (Lipinski definition) is 1. The fraction of sp³-hybridized carbons (Fsp3) is 0.444. The van der Waals surface area contributed by atoms with Gasteiger partial charge in [-0.3, -0.25) is 14.7 Å². The van der Waals surface area contributed by atoms with Crippen molar-refractivity contribution in [2.45, 2.75) is 44.2 Å². The van der Waals surface area contributed by atoms with E-state index in [1.54, 1.807) is 25.7 Å². The SMILES string of the molecule is COc1ccc(N[C@H]2C[C@H](N3C(=O)C(C)(C)c4nccnc43)C2)nc1. The predicted octanol–water partition coefficient (Wildman–Crippen LogP) is 2.15. The van der Waals surface area contributed by atoms with Crippen LogP contribution in [0.2, 0.25) is 0 Å². The van der Waals surface area contributed by atoms with E-state index in [0.717, 1.165) is 30.1 Å². The van der Waals surface area contributed by atoms with E-state index in [-0.39, 0.29) is 11.9 Å². The van der Waals surface area contributed by atoms with Crippen LogP contribution in [0.3, 0.4) is 0 Å². The van der Waals surface area contributed by atoms with Gasteiger partial charge in [-0.1, -0.05) is 0 Å². The van der Waals surface area contributed by atoms with E-state index in [1.807, 2.05) is 30.9 Å². The Morgan fingerprint density at radius 1 is 1.20 bits per heavy atom. The summed E-state index contributed by atoms with van der Waals surface area (Å²) >= 11 is 0. The van der Waals surface area contributed by atoms with Crippen molar-refractivity contribution in [2.75, 3.05) is 17.3 Å². The number of aromatic nitrogens is 3. The number of hydrogen-bond acceptors (Lipinski definition) is 6. The molecule has 0 atom stereocenters. The number of carbonyl (C=O) groups excluding carboxylic acids is 1. The Balaban J connectivity index is 1.44. The van der Waals surface area contributed by atoms with Crippen LogP contribution in [0, 0.1) is 0 Å². The van der Waals surface area contributed by atoms with Crippen molar-refractivity contribution in [1.29, 1.82) is 0 Å². The lowest BCUT2D eigenvalue weighted by molar-refractivity contribution is -0.123. The highest BCUT2D eigenvalue weighted by atomic mass is 16.5. The normalized spacial score (nSPS) is 23.8. The minimum absolute atomic E-state index is 0.0831. The molecule has 2 aromatic heterocycles. The zero-order valence-corrected chi connectivity index (χ0v) is 14.6. The molecule has 1 aliphatic heterocycles. The lowest BCUT2D eigenvalue weighted by Gasteiger charge is -2.41. The Labute approximate surface area is 146 Å². The van der Waals surface area contributed by atoms with Gasteiger partial charge >= 0.3 is 0 Å². The molecule has 1 saturated carbocycles. The van der Waals surface area contributed by atoms with Gasteiger partial charge in [0.05, 0.1) is 24.4 Å². The van der Waals surface area contributed by atoms with Crippen molar-refractivity contribution in [3.05, 3.63) is 36.4 Å². The summed E-state index contributed by atoms with van der Waals surface area (Å²) in [5, 5.41) is 3.40. The topological polar surface area (TPSA) is 80.2 Å². The summed E-state index contributed by atoms with van der Waals surface area (Å²) in [6.07, 6.45) is 6.72. The highest BCUT2D eigenvalue weighted by Crippen LogP contribution is 2.43. The second-order valence-electron chi connectivity index (χ2n) is 7.08. The molecule has 7 nitrogen and oxygen atoms in total. The molecule has 0 aromatic carbocycles. The van der Waals surface area contributed by atoms with Gasteiger partial charge in [-0.25, -0.2) is 9.97 Å². The standard InChI is InChI=1S/C18H21N5O2/c1-18(2)15-16(20-7-6-19-15)23(17(18)24)12-8-11(9-12)22-14-5-4-13(25-3)10-21-14/h4-7,10-12H,8-9H2,1-3H3,(H,21,22)/t11-,12-. The van der Waals surface area contributed by atoms with Crippen molar-refractivity contribution in [2.24, 2.45) is 0 Å². The van der Waals surface area contributed by atoms with E-state index in [0.29, 0.717) is 11.9 Å². The number of rotatable bonds is 4. The Hall–Kier alpha value is -2.70. The first kappa shape index (κ1) is 15.8. The Bertz CT molecular complexity index is 799. The molecule has 3 heterocycles. The van der Waals surface area contributed by atoms with Crippen molar-refractivity contribution in [1.82, 2.24) is 15.0 Å². The van der Waals surface area contributed by atoms with Crippen LogP contribution >= 0.6 is 0 Å². The van der Waals surface area contributed by atoms with Gasteiger partial charge < -0.3 is 10.1 Å². The highest BCUT2D eigenvalue weighted by Gasteiger charge is 2.51. The molecule has 4 rings (SSSR count). The maximum atomic E-state index is 12.9. The summed E-state index contributed by atoms with van der Waals surface area (Å²) in [5.74, 6) is 2.35. The minimum Gasteiger partial charge on any atom is -0.495 e. The lowest BCUT2D eigenvalue weighted by atomic mass is 9.84. The Morgan fingerprint density at radius 2 is 1.96 bits per heavy atom. The fourth-order valence-corrected chi connectivity index (χ4v) is 3.50. The summed E-state index contributed by atoms with van der Waals surface area (Å²) in [6, 6.07) is 4.23. The number of nitrogens with one attached hydrogen (secondary N) is 1. The summed E-state index contributed by atoms with van der Waals surface area (Å²) < 4.78 is 5.12. The number of pyridine rings is 1. The number of fused-ring (bicyclic) bond motifs is 1. The predicted molar refractivity (Wildman–Crippen MR) is 93.8 cm³/mol. The van der Waals surface area contributed by atoms with E-state index < -0.39 is 5.41 Å². The quantitative estimate of drug-likeness (QED) is 0.919. The van der Waals surface area contributed by atoms with Crippen LogP contribution in [0.25, 0.3) is 0 Å². The molecule has 0 spiro atoms. The monoisotopic (exact) mass is 339 g/mol. The van der Waals surface area contributed by atoms with Crippen LogP contribution < -0.4 is 15.0 Å². The Morgan fingerprint density at radius 3 is 2.64 bits per heavy atom. The average Bonchev–Trinajstić information content (AvgIpc) is 2.79. The molecule has 0 radical (unpaired) electrons. The highest BCUT2D eigenvalue weighted by molar-refractivity contribution is 6.06. The number of nitrogens with zero attached hydrogens (tertiary/aromatic N) is 4. The molecule has 1 N–H and O–H groups in total. The van der Waals surface area contributed by atoms with Crippen LogP contribution in [-0.2, 0) is 10.2 Å². The molecule has 1 fully saturated rings. The molecule has 0 unspecified atom stereocenters. The number of anilines is 2. The van der Waals surface area contributed by atoms with Gasteiger partial charge in [0.25, 0.3) is 0 Å². The van der Waals surface area contributed by atoms with Crippen molar-refractivity contribution < 1.29 is 9.53 Å². The molecular weight excluding hydrogens is 318 g/mol. The Kier molecular flexibility index (Phi) is 3.59. The van der Waals surface area contributed by atoms with Crippen LogP contribution in [0.4, 0.5) is 11.6 Å². The van der Waals surface area contributed by atoms with Gasteiger partial charge in [-0.15, -0.1) is 0 Å². The van der Waals surface area contributed by atoms with Gasteiger partial charge in [0.2, 0.25) is 5.91 Å². The molecule has 25 heavy (non-hydrogen) atoms. The number of carbonyl (C=O) groups is 1. The molecule has 130 valence electrons. The van der Waals surface area contributed by atoms with Gasteiger partial charge in [-0.2, -0.15) is 0 Å². The summed E-state index contributed by atoms with van der Waals surface area (Å²) in [7, 11) is 1.62. The first-order chi connectivity index (χ1) is 12.0. The summed E-state index contributed by atoms with van der Waals surface area (Å²) in [4.78, 5) is 27.8. The van der Waals surface area contributed by atoms with Crippen molar-refractivity contribution in [3.8, 4) is 5.75 Å². The van der Waals surface area contributed by atoms with Crippen LogP contribution in [0.1, 0.15) is 32.4 Å². The average molecular weight is 339 g/mol. The molecular formula is C18H21N5O2. The smallest absolute Gasteiger partial charge is 0.240 e. The molecule has 2 aliphatic rings. The van der Waals surface area contributed by atoms with Crippen molar-refractivity contribution >= 4 is 17.5 Å². The van der Waals surface area contributed by atoms with E-state index in [1.165, 1.54) is 0 Å². The second-order valence-corrected chi connectivity index (χ2v) is 7.08. The zero-order chi connectivity index (χ0) is 17.6. The van der Waals surface area contributed by atoms with Gasteiger partial charge in [-0.05, 0) is 38.8 Å². The zero-order valence-electron chi connectivity index (χ0n) is 14.6. The van der Waals surface area contributed by atoms with Crippen molar-refractivity contribution in [3.63, 3.8) is 0 Å². The number of methoxy groups -OCH3 is 1.